The first-order valence-corrected chi connectivity index (χ1v) is 4.61. The maximum absolute atomic E-state index is 12.4. The number of alkyl halides is 3. The molecule has 0 saturated heterocycles. The van der Waals surface area contributed by atoms with Gasteiger partial charge in [-0.15, -0.1) is 11.6 Å². The number of ether oxygens (including phenoxy) is 1. The smallest absolute Gasteiger partial charge is 0.281 e. The van der Waals surface area contributed by atoms with Crippen molar-refractivity contribution in [1.82, 2.24) is 4.98 Å². The zero-order chi connectivity index (χ0) is 12.3. The van der Waals surface area contributed by atoms with Crippen molar-refractivity contribution in [2.45, 2.75) is 12.3 Å². The van der Waals surface area contributed by atoms with Gasteiger partial charge in [0.05, 0.1) is 17.9 Å². The lowest BCUT2D eigenvalue weighted by Gasteiger charge is -2.07. The average Bonchev–Trinajstić information content (AvgIpc) is 2.26. The van der Waals surface area contributed by atoms with Gasteiger partial charge in [0.2, 0.25) is 5.88 Å². The molecular formula is C8H7ClF2N2O3. The van der Waals surface area contributed by atoms with E-state index in [4.69, 9.17) is 11.6 Å². The molecule has 1 rings (SSSR count). The van der Waals surface area contributed by atoms with E-state index in [0.717, 1.165) is 0 Å². The van der Waals surface area contributed by atoms with Crippen molar-refractivity contribution in [1.29, 1.82) is 0 Å². The summed E-state index contributed by atoms with van der Waals surface area (Å²) in [5.74, 6) is -0.491. The Labute approximate surface area is 94.1 Å². The number of aromatic nitrogens is 1. The highest BCUT2D eigenvalue weighted by molar-refractivity contribution is 6.17. The molecule has 8 heteroatoms. The number of methoxy groups -OCH3 is 1. The highest BCUT2D eigenvalue weighted by Crippen LogP contribution is 2.32. The molecule has 0 aliphatic carbocycles. The number of hydrogen-bond donors (Lipinski definition) is 0. The van der Waals surface area contributed by atoms with E-state index < -0.39 is 22.7 Å². The van der Waals surface area contributed by atoms with E-state index in [-0.39, 0.29) is 17.3 Å². The van der Waals surface area contributed by atoms with Gasteiger partial charge >= 0.3 is 0 Å². The minimum atomic E-state index is -2.91. The molecule has 5 nitrogen and oxygen atoms in total. The van der Waals surface area contributed by atoms with Crippen LogP contribution in [0.2, 0.25) is 0 Å². The van der Waals surface area contributed by atoms with Crippen molar-refractivity contribution in [3.63, 3.8) is 0 Å². The normalized spacial score (nSPS) is 10.6. The fraction of sp³-hybridized carbons (Fsp3) is 0.375. The molecule has 0 spiro atoms. The molecule has 0 aliphatic rings. The molecular weight excluding hydrogens is 246 g/mol. The number of rotatable bonds is 4. The van der Waals surface area contributed by atoms with Crippen molar-refractivity contribution < 1.29 is 18.4 Å². The molecule has 1 aromatic heterocycles. The second kappa shape index (κ2) is 5.02. The van der Waals surface area contributed by atoms with Gasteiger partial charge < -0.3 is 4.74 Å². The largest absolute Gasteiger partial charge is 0.481 e. The van der Waals surface area contributed by atoms with E-state index in [0.29, 0.717) is 6.07 Å². The van der Waals surface area contributed by atoms with Crippen LogP contribution in [0.4, 0.5) is 14.5 Å². The number of nitrogens with zero attached hydrogens (tertiary/aromatic N) is 2. The van der Waals surface area contributed by atoms with E-state index in [2.05, 4.69) is 9.72 Å². The Bertz CT molecular complexity index is 415. The van der Waals surface area contributed by atoms with Gasteiger partial charge in [-0.05, 0) is 0 Å². The van der Waals surface area contributed by atoms with Crippen LogP contribution in [-0.4, -0.2) is 17.0 Å². The van der Waals surface area contributed by atoms with Gasteiger partial charge in [0.1, 0.15) is 11.3 Å². The van der Waals surface area contributed by atoms with Gasteiger partial charge in [0.25, 0.3) is 12.1 Å². The number of pyridine rings is 1. The van der Waals surface area contributed by atoms with Crippen LogP contribution in [0.3, 0.4) is 0 Å². The predicted molar refractivity (Wildman–Crippen MR) is 52.0 cm³/mol. The molecule has 1 heterocycles. The monoisotopic (exact) mass is 252 g/mol. The standard InChI is InChI=1S/C8H7ClF2N2O3/c1-16-8-4(3-9)6(13(14)15)2-5(12-8)7(10)11/h2,7H,3H2,1H3. The third kappa shape index (κ3) is 2.35. The Morgan fingerprint density at radius 1 is 1.69 bits per heavy atom. The van der Waals surface area contributed by atoms with E-state index in [1.165, 1.54) is 7.11 Å². The van der Waals surface area contributed by atoms with Crippen LogP contribution in [0.25, 0.3) is 0 Å². The SMILES string of the molecule is COc1nc(C(F)F)cc([N+](=O)[O-])c1CCl. The maximum Gasteiger partial charge on any atom is 0.281 e. The van der Waals surface area contributed by atoms with Gasteiger partial charge in [-0.2, -0.15) is 0 Å². The van der Waals surface area contributed by atoms with Crippen molar-refractivity contribution in [2.75, 3.05) is 7.11 Å². The summed E-state index contributed by atoms with van der Waals surface area (Å²) in [7, 11) is 1.18. The van der Waals surface area contributed by atoms with Crippen molar-refractivity contribution >= 4 is 17.3 Å². The van der Waals surface area contributed by atoms with Crippen molar-refractivity contribution in [2.24, 2.45) is 0 Å². The summed E-state index contributed by atoms with van der Waals surface area (Å²) in [6, 6.07) is 0.699. The van der Waals surface area contributed by atoms with Gasteiger partial charge in [0.15, 0.2) is 0 Å². The minimum Gasteiger partial charge on any atom is -0.481 e. The molecule has 0 atom stereocenters. The summed E-state index contributed by atoms with van der Waals surface area (Å²) >= 11 is 5.48. The summed E-state index contributed by atoms with van der Waals surface area (Å²) in [6.45, 7) is 0. The maximum atomic E-state index is 12.4. The first-order chi connectivity index (χ1) is 7.51. The zero-order valence-corrected chi connectivity index (χ0v) is 8.87. The van der Waals surface area contributed by atoms with Crippen LogP contribution in [0, 0.1) is 10.1 Å². The Kier molecular flexibility index (Phi) is 3.94. The number of halogens is 3. The summed E-state index contributed by atoms with van der Waals surface area (Å²) in [5.41, 5.74) is -1.24. The van der Waals surface area contributed by atoms with Crippen LogP contribution in [0.5, 0.6) is 5.88 Å². The van der Waals surface area contributed by atoms with Crippen LogP contribution < -0.4 is 4.74 Å². The zero-order valence-electron chi connectivity index (χ0n) is 8.11. The van der Waals surface area contributed by atoms with Gasteiger partial charge in [-0.1, -0.05) is 0 Å². The van der Waals surface area contributed by atoms with Crippen molar-refractivity contribution in [3.8, 4) is 5.88 Å². The molecule has 88 valence electrons. The topological polar surface area (TPSA) is 65.3 Å². The fourth-order valence-electron chi connectivity index (χ4n) is 1.12. The number of nitro groups is 1. The molecule has 0 aliphatic heterocycles. The van der Waals surface area contributed by atoms with Crippen LogP contribution in [0.15, 0.2) is 6.07 Å². The van der Waals surface area contributed by atoms with Crippen LogP contribution in [-0.2, 0) is 5.88 Å². The van der Waals surface area contributed by atoms with Gasteiger partial charge in [-0.3, -0.25) is 10.1 Å². The quantitative estimate of drug-likeness (QED) is 0.469. The summed E-state index contributed by atoms with van der Waals surface area (Å²) in [6.07, 6.45) is -2.91. The van der Waals surface area contributed by atoms with Crippen LogP contribution >= 0.6 is 11.6 Å². The Morgan fingerprint density at radius 3 is 2.69 bits per heavy atom. The van der Waals surface area contributed by atoms with Crippen LogP contribution in [0.1, 0.15) is 17.7 Å². The molecule has 0 N–H and O–H groups in total. The van der Waals surface area contributed by atoms with Gasteiger partial charge in [-0.25, -0.2) is 13.8 Å². The highest BCUT2D eigenvalue weighted by atomic mass is 35.5. The summed E-state index contributed by atoms with van der Waals surface area (Å²) in [4.78, 5) is 13.3. The summed E-state index contributed by atoms with van der Waals surface area (Å²) < 4.78 is 29.5. The molecule has 0 amide bonds. The molecule has 0 radical (unpaired) electrons. The first kappa shape index (κ1) is 12.6. The van der Waals surface area contributed by atoms with E-state index in [1.807, 2.05) is 0 Å². The lowest BCUT2D eigenvalue weighted by atomic mass is 10.2. The lowest BCUT2D eigenvalue weighted by Crippen LogP contribution is -2.03. The average molecular weight is 253 g/mol. The third-order valence-electron chi connectivity index (χ3n) is 1.83. The highest BCUT2D eigenvalue weighted by Gasteiger charge is 2.24. The van der Waals surface area contributed by atoms with Crippen molar-refractivity contribution in [3.05, 3.63) is 27.4 Å². The molecule has 0 bridgehead atoms. The lowest BCUT2D eigenvalue weighted by molar-refractivity contribution is -0.385. The van der Waals surface area contributed by atoms with E-state index in [1.54, 1.807) is 0 Å². The second-order valence-corrected chi connectivity index (χ2v) is 3.01. The third-order valence-corrected chi connectivity index (χ3v) is 2.10. The van der Waals surface area contributed by atoms with Gasteiger partial charge in [0, 0.05) is 6.07 Å². The fourth-order valence-corrected chi connectivity index (χ4v) is 1.37. The first-order valence-electron chi connectivity index (χ1n) is 4.07. The molecule has 16 heavy (non-hydrogen) atoms. The molecule has 0 aromatic carbocycles. The van der Waals surface area contributed by atoms with E-state index in [9.17, 15) is 18.9 Å². The molecule has 0 fully saturated rings. The predicted octanol–water partition coefficient (Wildman–Crippen LogP) is 2.67. The second-order valence-electron chi connectivity index (χ2n) is 2.75. The van der Waals surface area contributed by atoms with E-state index >= 15 is 0 Å². The Balaban J connectivity index is 3.43. The molecule has 0 saturated carbocycles. The number of hydrogen-bond acceptors (Lipinski definition) is 4. The molecule has 0 unspecified atom stereocenters. The Hall–Kier alpha value is -1.50. The molecule has 1 aromatic rings. The Morgan fingerprint density at radius 2 is 2.31 bits per heavy atom. The minimum absolute atomic E-state index is 0.0152. The summed E-state index contributed by atoms with van der Waals surface area (Å²) in [5, 5.41) is 10.6.